The molecule has 1 rings (SSSR count). The SMILES string of the molecule is C=[N+]=O.CC.CC.CC(C)c1cc(CNCCCN)ccc1N. The Kier molecular flexibility index (Phi) is 23.2. The molecule has 0 atom stereocenters. The summed E-state index contributed by atoms with van der Waals surface area (Å²) >= 11 is 0. The molecular formula is C18H37N4O+. The summed E-state index contributed by atoms with van der Waals surface area (Å²) in [5.41, 5.74) is 14.8. The summed E-state index contributed by atoms with van der Waals surface area (Å²) in [6.45, 7) is 17.5. The molecule has 0 radical (unpaired) electrons. The highest BCUT2D eigenvalue weighted by Crippen LogP contribution is 2.22. The fourth-order valence-corrected chi connectivity index (χ4v) is 1.69. The number of nitrogen functional groups attached to an aromatic ring is 1. The predicted octanol–water partition coefficient (Wildman–Crippen LogP) is 3.40. The van der Waals surface area contributed by atoms with Gasteiger partial charge in [0, 0.05) is 12.2 Å². The molecule has 5 nitrogen and oxygen atoms in total. The first-order valence-electron chi connectivity index (χ1n) is 8.44. The number of nitrogens with two attached hydrogens (primary N) is 2. The molecule has 134 valence electrons. The minimum Gasteiger partial charge on any atom is -0.398 e. The van der Waals surface area contributed by atoms with Crippen LogP contribution in [0.3, 0.4) is 0 Å². The van der Waals surface area contributed by atoms with Crippen molar-refractivity contribution in [1.82, 2.24) is 10.2 Å². The first-order valence-corrected chi connectivity index (χ1v) is 8.44. The van der Waals surface area contributed by atoms with Crippen LogP contribution in [-0.2, 0) is 6.54 Å². The van der Waals surface area contributed by atoms with Gasteiger partial charge in [-0.25, -0.2) is 0 Å². The van der Waals surface area contributed by atoms with E-state index in [1.807, 2.05) is 38.6 Å². The summed E-state index contributed by atoms with van der Waals surface area (Å²) in [4.78, 5) is 10.4. The molecule has 0 unspecified atom stereocenters. The van der Waals surface area contributed by atoms with Gasteiger partial charge in [0.2, 0.25) is 0 Å². The van der Waals surface area contributed by atoms with Gasteiger partial charge >= 0.3 is 6.72 Å². The van der Waals surface area contributed by atoms with Crippen LogP contribution < -0.4 is 21.6 Å². The molecule has 0 aliphatic rings. The van der Waals surface area contributed by atoms with E-state index in [4.69, 9.17) is 16.4 Å². The lowest BCUT2D eigenvalue weighted by Crippen LogP contribution is -2.17. The van der Waals surface area contributed by atoms with Crippen molar-refractivity contribution < 1.29 is 0 Å². The van der Waals surface area contributed by atoms with Gasteiger partial charge in [0.15, 0.2) is 9.76 Å². The summed E-state index contributed by atoms with van der Waals surface area (Å²) < 4.78 is 0. The Hall–Kier alpha value is -1.68. The Balaban J connectivity index is -0.000000496. The number of hydrogen-bond acceptors (Lipinski definition) is 4. The summed E-state index contributed by atoms with van der Waals surface area (Å²) in [7, 11) is 0. The fraction of sp³-hybridized carbons (Fsp3) is 0.611. The summed E-state index contributed by atoms with van der Waals surface area (Å²) in [5.74, 6) is 0.476. The lowest BCUT2D eigenvalue weighted by Gasteiger charge is -2.12. The maximum atomic E-state index is 8.44. The number of benzene rings is 1. The van der Waals surface area contributed by atoms with E-state index in [1.54, 1.807) is 0 Å². The van der Waals surface area contributed by atoms with Crippen molar-refractivity contribution in [3.63, 3.8) is 0 Å². The molecule has 0 aliphatic heterocycles. The van der Waals surface area contributed by atoms with E-state index in [2.05, 4.69) is 38.0 Å². The first-order chi connectivity index (χ1) is 11.1. The molecule has 0 fully saturated rings. The molecular weight excluding hydrogens is 288 g/mol. The van der Waals surface area contributed by atoms with Crippen LogP contribution in [0.4, 0.5) is 5.69 Å². The molecule has 0 amide bonds. The highest BCUT2D eigenvalue weighted by molar-refractivity contribution is 5.50. The first kappa shape index (κ1) is 26.2. The van der Waals surface area contributed by atoms with E-state index in [9.17, 15) is 0 Å². The maximum Gasteiger partial charge on any atom is 0.327 e. The summed E-state index contributed by atoms with van der Waals surface area (Å²) in [5, 5.41) is 3.37. The third-order valence-corrected chi connectivity index (χ3v) is 2.66. The van der Waals surface area contributed by atoms with Crippen LogP contribution in [-0.4, -0.2) is 19.8 Å². The van der Waals surface area contributed by atoms with Gasteiger partial charge in [-0.2, -0.15) is 0 Å². The Morgan fingerprint density at radius 1 is 1.22 bits per heavy atom. The molecule has 23 heavy (non-hydrogen) atoms. The average Bonchev–Trinajstić information content (AvgIpc) is 2.57. The average molecular weight is 326 g/mol. The second kappa shape index (κ2) is 20.3. The zero-order valence-corrected chi connectivity index (χ0v) is 15.9. The molecule has 1 aromatic rings. The number of nitrogens with one attached hydrogen (secondary N) is 1. The zero-order valence-electron chi connectivity index (χ0n) is 15.9. The third-order valence-electron chi connectivity index (χ3n) is 2.66. The Bertz CT molecular complexity index is 400. The van der Waals surface area contributed by atoms with Gasteiger partial charge in [-0.05, 0) is 42.6 Å². The topological polar surface area (TPSA) is 95.2 Å². The second-order valence-electron chi connectivity index (χ2n) is 4.57. The van der Waals surface area contributed by atoms with Crippen LogP contribution >= 0.6 is 0 Å². The quantitative estimate of drug-likeness (QED) is 0.323. The smallest absolute Gasteiger partial charge is 0.327 e. The number of hydrogen-bond donors (Lipinski definition) is 3. The van der Waals surface area contributed by atoms with Crippen LogP contribution in [0.1, 0.15) is 65.0 Å². The van der Waals surface area contributed by atoms with Crippen molar-refractivity contribution in [1.29, 1.82) is 0 Å². The third kappa shape index (κ3) is 15.0. The lowest BCUT2D eigenvalue weighted by molar-refractivity contribution is 0.654. The highest BCUT2D eigenvalue weighted by Gasteiger charge is 2.04. The van der Waals surface area contributed by atoms with Crippen molar-refractivity contribution in [3.8, 4) is 0 Å². The normalized spacial score (nSPS) is 8.52. The molecule has 0 saturated carbocycles. The molecule has 5 N–H and O–H groups in total. The Morgan fingerprint density at radius 3 is 2.17 bits per heavy atom. The predicted molar refractivity (Wildman–Crippen MR) is 106 cm³/mol. The van der Waals surface area contributed by atoms with Crippen molar-refractivity contribution in [3.05, 3.63) is 34.2 Å². The van der Waals surface area contributed by atoms with Gasteiger partial charge < -0.3 is 16.8 Å². The van der Waals surface area contributed by atoms with Gasteiger partial charge in [-0.3, -0.25) is 0 Å². The zero-order chi connectivity index (χ0) is 18.7. The van der Waals surface area contributed by atoms with Crippen LogP contribution in [0.25, 0.3) is 0 Å². The fourth-order valence-electron chi connectivity index (χ4n) is 1.69. The standard InChI is InChI=1S/C13H23N3.2C2H6.CH2NO/c1-10(2)12-8-11(4-5-13(12)15)9-16-7-3-6-14;2*1-2;1-2-3/h4-5,8,10,16H,3,6-7,9,14-15H2,1-2H3;2*1-2H3;1H2/q;;;+1. The van der Waals surface area contributed by atoms with E-state index in [-0.39, 0.29) is 0 Å². The molecule has 0 saturated heterocycles. The summed E-state index contributed by atoms with van der Waals surface area (Å²) in [6, 6.07) is 6.27. The molecule has 5 heteroatoms. The minimum atomic E-state index is 0.476. The van der Waals surface area contributed by atoms with Gasteiger partial charge in [0.25, 0.3) is 0 Å². The van der Waals surface area contributed by atoms with E-state index in [0.29, 0.717) is 5.92 Å². The molecule has 1 aromatic carbocycles. The monoisotopic (exact) mass is 325 g/mol. The van der Waals surface area contributed by atoms with E-state index in [0.717, 1.165) is 31.7 Å². The second-order valence-corrected chi connectivity index (χ2v) is 4.57. The number of nitroso groups, excluding NO2 is 1. The van der Waals surface area contributed by atoms with E-state index < -0.39 is 0 Å². The van der Waals surface area contributed by atoms with Crippen LogP contribution in [0, 0.1) is 4.91 Å². The molecule has 0 spiro atoms. The molecule has 0 heterocycles. The largest absolute Gasteiger partial charge is 0.398 e. The number of rotatable bonds is 6. The van der Waals surface area contributed by atoms with Crippen molar-refractivity contribution in [2.75, 3.05) is 18.8 Å². The van der Waals surface area contributed by atoms with E-state index in [1.165, 1.54) is 11.1 Å². The van der Waals surface area contributed by atoms with Crippen LogP contribution in [0.2, 0.25) is 0 Å². The van der Waals surface area contributed by atoms with E-state index >= 15 is 0 Å². The van der Waals surface area contributed by atoms with Gasteiger partial charge in [-0.15, -0.1) is 0 Å². The number of anilines is 1. The molecule has 0 aliphatic carbocycles. The lowest BCUT2D eigenvalue weighted by atomic mass is 9.99. The van der Waals surface area contributed by atoms with Crippen LogP contribution in [0.5, 0.6) is 0 Å². The van der Waals surface area contributed by atoms with Crippen molar-refractivity contribution in [2.45, 2.75) is 60.4 Å². The van der Waals surface area contributed by atoms with Crippen molar-refractivity contribution >= 4 is 12.4 Å². The summed E-state index contributed by atoms with van der Waals surface area (Å²) in [6.07, 6.45) is 1.02. The van der Waals surface area contributed by atoms with Gasteiger partial charge in [-0.1, -0.05) is 53.7 Å². The Morgan fingerprint density at radius 2 is 1.74 bits per heavy atom. The van der Waals surface area contributed by atoms with Crippen LogP contribution in [0.15, 0.2) is 18.2 Å². The van der Waals surface area contributed by atoms with Gasteiger partial charge in [0.1, 0.15) is 0 Å². The molecule has 0 aromatic heterocycles. The highest BCUT2D eigenvalue weighted by atomic mass is 16.2. The molecule has 0 bridgehead atoms. The number of nitrogens with zero attached hydrogens (tertiary/aromatic N) is 1. The minimum absolute atomic E-state index is 0.476. The van der Waals surface area contributed by atoms with Crippen molar-refractivity contribution in [2.24, 2.45) is 5.73 Å². The van der Waals surface area contributed by atoms with Gasteiger partial charge in [0.05, 0.1) is 0 Å². The maximum absolute atomic E-state index is 8.44. The Labute approximate surface area is 142 Å².